The number of hydrogen-bond donors (Lipinski definition) is 1. The molecule has 1 heterocycles. The third-order valence-corrected chi connectivity index (χ3v) is 4.68. The number of rotatable bonds is 5. The molecule has 0 aromatic carbocycles. The highest BCUT2D eigenvalue weighted by atomic mass is 32.2. The molecule has 0 unspecified atom stereocenters. The van der Waals surface area contributed by atoms with Crippen LogP contribution >= 0.6 is 11.8 Å². The van der Waals surface area contributed by atoms with Crippen LogP contribution in [0.1, 0.15) is 26.7 Å². The number of urea groups is 1. The van der Waals surface area contributed by atoms with Gasteiger partial charge in [-0.05, 0) is 19.1 Å². The van der Waals surface area contributed by atoms with E-state index in [1.165, 1.54) is 4.90 Å². The lowest BCUT2D eigenvalue weighted by atomic mass is 10.0. The minimum absolute atomic E-state index is 0.0113. The molecule has 1 N–H and O–H groups in total. The molecular weight excluding hydrogens is 212 g/mol. The van der Waals surface area contributed by atoms with E-state index in [2.05, 4.69) is 19.2 Å². The quantitative estimate of drug-likeness (QED) is 0.727. The van der Waals surface area contributed by atoms with E-state index in [1.54, 1.807) is 11.8 Å². The summed E-state index contributed by atoms with van der Waals surface area (Å²) in [5.74, 6) is -0.111. The summed E-state index contributed by atoms with van der Waals surface area (Å²) in [6.07, 6.45) is 3.95. The molecule has 0 aliphatic carbocycles. The summed E-state index contributed by atoms with van der Waals surface area (Å²) in [4.78, 5) is 24.2. The van der Waals surface area contributed by atoms with Gasteiger partial charge in [-0.1, -0.05) is 13.8 Å². The lowest BCUT2D eigenvalue weighted by molar-refractivity contribution is -0.125. The number of hydrogen-bond acceptors (Lipinski definition) is 3. The number of nitrogens with zero attached hydrogens (tertiary/aromatic N) is 1. The Morgan fingerprint density at radius 2 is 2.00 bits per heavy atom. The van der Waals surface area contributed by atoms with Crippen molar-refractivity contribution in [1.29, 1.82) is 0 Å². The summed E-state index contributed by atoms with van der Waals surface area (Å²) in [7, 11) is 0. The van der Waals surface area contributed by atoms with Gasteiger partial charge in [0.2, 0.25) is 5.91 Å². The number of imide groups is 1. The number of carbonyl (C=O) groups is 2. The Hall–Kier alpha value is -0.710. The van der Waals surface area contributed by atoms with Gasteiger partial charge in [-0.3, -0.25) is 9.69 Å². The Morgan fingerprint density at radius 1 is 1.40 bits per heavy atom. The van der Waals surface area contributed by atoms with E-state index in [1.807, 2.05) is 6.26 Å². The first-order chi connectivity index (χ1) is 7.08. The van der Waals surface area contributed by atoms with Gasteiger partial charge in [-0.25, -0.2) is 4.79 Å². The molecule has 15 heavy (non-hydrogen) atoms. The highest BCUT2D eigenvalue weighted by Gasteiger charge is 2.36. The number of nitrogens with one attached hydrogen (secondary N) is 1. The van der Waals surface area contributed by atoms with Gasteiger partial charge >= 0.3 is 6.03 Å². The number of carbonyl (C=O) groups excluding carboxylic acids is 2. The third-order valence-electron chi connectivity index (χ3n) is 3.11. The molecule has 1 saturated heterocycles. The van der Waals surface area contributed by atoms with E-state index < -0.39 is 0 Å². The van der Waals surface area contributed by atoms with Crippen LogP contribution in [0.3, 0.4) is 0 Å². The Kier molecular flexibility index (Phi) is 4.02. The maximum absolute atomic E-state index is 11.4. The van der Waals surface area contributed by atoms with Crippen LogP contribution in [0.25, 0.3) is 0 Å². The molecule has 1 fully saturated rings. The first-order valence-electron chi connectivity index (χ1n) is 5.22. The summed E-state index contributed by atoms with van der Waals surface area (Å²) in [6, 6.07) is -0.250. The van der Waals surface area contributed by atoms with Crippen molar-refractivity contribution in [2.45, 2.75) is 31.4 Å². The number of amides is 3. The molecule has 0 saturated carbocycles. The summed E-state index contributed by atoms with van der Waals surface area (Å²) in [5, 5.41) is 2.54. The van der Waals surface area contributed by atoms with Gasteiger partial charge in [0.15, 0.2) is 0 Å². The maximum atomic E-state index is 11.4. The average Bonchev–Trinajstić information content (AvgIpc) is 2.57. The topological polar surface area (TPSA) is 49.4 Å². The zero-order valence-electron chi connectivity index (χ0n) is 9.50. The molecule has 1 rings (SSSR count). The summed E-state index contributed by atoms with van der Waals surface area (Å²) >= 11 is 1.73. The van der Waals surface area contributed by atoms with Crippen LogP contribution in [-0.4, -0.2) is 40.9 Å². The van der Waals surface area contributed by atoms with Crippen LogP contribution in [-0.2, 0) is 4.79 Å². The van der Waals surface area contributed by atoms with Crippen LogP contribution in [0.4, 0.5) is 4.79 Å². The molecule has 86 valence electrons. The second-order valence-corrected chi connectivity index (χ2v) is 5.01. The molecule has 0 atom stereocenters. The highest BCUT2D eigenvalue weighted by molar-refractivity contribution is 8.00. The Labute approximate surface area is 94.8 Å². The average molecular weight is 230 g/mol. The minimum Gasteiger partial charge on any atom is -0.329 e. The van der Waals surface area contributed by atoms with Crippen LogP contribution in [0, 0.1) is 0 Å². The minimum atomic E-state index is -0.250. The lowest BCUT2D eigenvalue weighted by Crippen LogP contribution is -2.43. The van der Waals surface area contributed by atoms with Gasteiger partial charge in [0, 0.05) is 11.3 Å². The maximum Gasteiger partial charge on any atom is 0.324 e. The van der Waals surface area contributed by atoms with E-state index >= 15 is 0 Å². The Bertz CT molecular complexity index is 240. The van der Waals surface area contributed by atoms with Crippen molar-refractivity contribution in [2.75, 3.05) is 19.3 Å². The van der Waals surface area contributed by atoms with Crippen molar-refractivity contribution in [3.8, 4) is 0 Å². The standard InChI is InChI=1S/C10H18N2O2S/c1-4-10(5-2,15-3)7-12-8(13)6-11-9(12)14/h4-7H2,1-3H3,(H,11,14). The fourth-order valence-electron chi connectivity index (χ4n) is 1.73. The largest absolute Gasteiger partial charge is 0.329 e. The van der Waals surface area contributed by atoms with Crippen molar-refractivity contribution < 1.29 is 9.59 Å². The molecular formula is C10H18N2O2S. The predicted molar refractivity (Wildman–Crippen MR) is 61.9 cm³/mol. The fraction of sp³-hybridized carbons (Fsp3) is 0.800. The van der Waals surface area contributed by atoms with Gasteiger partial charge in [-0.15, -0.1) is 0 Å². The second-order valence-electron chi connectivity index (χ2n) is 3.73. The van der Waals surface area contributed by atoms with Gasteiger partial charge in [0.25, 0.3) is 0 Å². The Morgan fingerprint density at radius 3 is 2.33 bits per heavy atom. The molecule has 5 heteroatoms. The summed E-state index contributed by atoms with van der Waals surface area (Å²) < 4.78 is 0.0113. The van der Waals surface area contributed by atoms with Crippen LogP contribution in [0.15, 0.2) is 0 Å². The summed E-state index contributed by atoms with van der Waals surface area (Å²) in [6.45, 7) is 4.86. The van der Waals surface area contributed by atoms with E-state index in [4.69, 9.17) is 0 Å². The first-order valence-corrected chi connectivity index (χ1v) is 6.44. The first kappa shape index (κ1) is 12.4. The van der Waals surface area contributed by atoms with Gasteiger partial charge in [-0.2, -0.15) is 11.8 Å². The normalized spacial score (nSPS) is 17.1. The van der Waals surface area contributed by atoms with Crippen molar-refractivity contribution in [3.63, 3.8) is 0 Å². The molecule has 0 aromatic heterocycles. The smallest absolute Gasteiger partial charge is 0.324 e. The molecule has 0 spiro atoms. The third kappa shape index (κ3) is 2.45. The molecule has 0 bridgehead atoms. The van der Waals surface area contributed by atoms with Crippen LogP contribution < -0.4 is 5.32 Å². The monoisotopic (exact) mass is 230 g/mol. The fourth-order valence-corrected chi connectivity index (χ4v) is 2.57. The van der Waals surface area contributed by atoms with Gasteiger partial charge in [0.05, 0.1) is 6.54 Å². The van der Waals surface area contributed by atoms with E-state index in [9.17, 15) is 9.59 Å². The van der Waals surface area contributed by atoms with E-state index in [-0.39, 0.29) is 23.2 Å². The van der Waals surface area contributed by atoms with Crippen molar-refractivity contribution in [1.82, 2.24) is 10.2 Å². The van der Waals surface area contributed by atoms with Gasteiger partial charge < -0.3 is 5.32 Å². The molecule has 4 nitrogen and oxygen atoms in total. The van der Waals surface area contributed by atoms with E-state index in [0.29, 0.717) is 6.54 Å². The SMILES string of the molecule is CCC(CC)(CN1C(=O)CNC1=O)SC. The van der Waals surface area contributed by atoms with Gasteiger partial charge in [0.1, 0.15) is 0 Å². The van der Waals surface area contributed by atoms with Crippen molar-refractivity contribution in [2.24, 2.45) is 0 Å². The molecule has 0 aromatic rings. The highest BCUT2D eigenvalue weighted by Crippen LogP contribution is 2.31. The van der Waals surface area contributed by atoms with Crippen LogP contribution in [0.5, 0.6) is 0 Å². The van der Waals surface area contributed by atoms with Crippen molar-refractivity contribution in [3.05, 3.63) is 0 Å². The zero-order chi connectivity index (χ0) is 11.5. The van der Waals surface area contributed by atoms with Crippen LogP contribution in [0.2, 0.25) is 0 Å². The molecule has 3 amide bonds. The van der Waals surface area contributed by atoms with Crippen molar-refractivity contribution >= 4 is 23.7 Å². The zero-order valence-corrected chi connectivity index (χ0v) is 10.3. The lowest BCUT2D eigenvalue weighted by Gasteiger charge is -2.32. The predicted octanol–water partition coefficient (Wildman–Crippen LogP) is 1.46. The molecule has 0 radical (unpaired) electrons. The second kappa shape index (κ2) is 4.88. The van der Waals surface area contributed by atoms with E-state index in [0.717, 1.165) is 12.8 Å². The summed E-state index contributed by atoms with van der Waals surface area (Å²) in [5.41, 5.74) is 0. The molecule has 1 aliphatic rings. The number of thioether (sulfide) groups is 1. The Balaban J connectivity index is 2.73. The molecule has 1 aliphatic heterocycles.